The molecule has 1 aliphatic carbocycles. The van der Waals surface area contributed by atoms with Crippen LogP contribution in [0.15, 0.2) is 61.2 Å². The number of rotatable bonds is 6. The third-order valence-electron chi connectivity index (χ3n) is 4.43. The zero-order chi connectivity index (χ0) is 16.8. The van der Waals surface area contributed by atoms with Gasteiger partial charge >= 0.3 is 5.97 Å². The third-order valence-corrected chi connectivity index (χ3v) is 4.43. The van der Waals surface area contributed by atoms with Crippen LogP contribution < -0.4 is 0 Å². The Hall–Kier alpha value is -2.61. The maximum atomic E-state index is 11.1. The summed E-state index contributed by atoms with van der Waals surface area (Å²) in [7, 11) is 0. The summed E-state index contributed by atoms with van der Waals surface area (Å²) in [5, 5.41) is 0. The maximum absolute atomic E-state index is 11.1. The van der Waals surface area contributed by atoms with E-state index in [1.807, 2.05) is 0 Å². The highest BCUT2D eigenvalue weighted by Gasteiger charge is 2.14. The summed E-state index contributed by atoms with van der Waals surface area (Å²) < 4.78 is 5.06. The summed E-state index contributed by atoms with van der Waals surface area (Å²) in [4.78, 5) is 11.1. The molecule has 2 aromatic rings. The number of allylic oxidation sites excluding steroid dienone is 1. The van der Waals surface area contributed by atoms with Gasteiger partial charge in [-0.25, -0.2) is 4.79 Å². The summed E-state index contributed by atoms with van der Waals surface area (Å²) in [6.07, 6.45) is 7.43. The molecule has 0 fully saturated rings. The molecule has 2 heteroatoms. The smallest absolute Gasteiger partial charge is 0.330 e. The van der Waals surface area contributed by atoms with Gasteiger partial charge in [0.1, 0.15) is 0 Å². The largest absolute Gasteiger partial charge is 0.463 e. The van der Waals surface area contributed by atoms with E-state index in [4.69, 9.17) is 4.74 Å². The Balaban J connectivity index is 1.71. The van der Waals surface area contributed by atoms with Gasteiger partial charge in [0.05, 0.1) is 6.61 Å². The topological polar surface area (TPSA) is 26.3 Å². The molecule has 0 heterocycles. The molecule has 0 saturated carbocycles. The van der Waals surface area contributed by atoms with Gasteiger partial charge in [0.25, 0.3) is 0 Å². The average Bonchev–Trinajstić information content (AvgIpc) is 2.65. The number of aryl methyl sites for hydroxylation is 1. The fourth-order valence-corrected chi connectivity index (χ4v) is 3.22. The van der Waals surface area contributed by atoms with Crippen LogP contribution in [0.25, 0.3) is 11.6 Å². The number of esters is 1. The highest BCUT2D eigenvalue weighted by molar-refractivity contribution is 5.84. The lowest BCUT2D eigenvalue weighted by Gasteiger charge is -2.20. The molecule has 1 aliphatic rings. The summed E-state index contributed by atoms with van der Waals surface area (Å²) in [5.41, 5.74) is 6.84. The molecule has 0 aliphatic heterocycles. The van der Waals surface area contributed by atoms with E-state index >= 15 is 0 Å². The van der Waals surface area contributed by atoms with Crippen molar-refractivity contribution in [3.8, 4) is 0 Å². The fraction of sp³-hybridized carbons (Fsp3) is 0.227. The summed E-state index contributed by atoms with van der Waals surface area (Å²) >= 11 is 0. The zero-order valence-corrected chi connectivity index (χ0v) is 13.8. The van der Waals surface area contributed by atoms with Crippen molar-refractivity contribution in [1.82, 2.24) is 0 Å². The zero-order valence-electron chi connectivity index (χ0n) is 13.8. The minimum atomic E-state index is -0.347. The molecular formula is C22H22O2. The van der Waals surface area contributed by atoms with E-state index in [1.54, 1.807) is 0 Å². The molecule has 0 bridgehead atoms. The molecule has 0 aromatic heterocycles. The molecule has 0 unspecified atom stereocenters. The number of hydrogen-bond acceptors (Lipinski definition) is 2. The van der Waals surface area contributed by atoms with Crippen LogP contribution in [0.1, 0.15) is 35.1 Å². The van der Waals surface area contributed by atoms with E-state index in [9.17, 15) is 4.79 Å². The van der Waals surface area contributed by atoms with Crippen molar-refractivity contribution in [1.29, 1.82) is 0 Å². The van der Waals surface area contributed by atoms with Crippen LogP contribution >= 0.6 is 0 Å². The normalized spacial score (nSPS) is 12.9. The molecule has 0 saturated heterocycles. The van der Waals surface area contributed by atoms with Crippen molar-refractivity contribution < 1.29 is 9.53 Å². The van der Waals surface area contributed by atoms with Crippen LogP contribution in [0.2, 0.25) is 0 Å². The SMILES string of the molecule is C=CC(=O)OCCCc1cccc2c1CCC(c1ccccc1)=C2. The second-order valence-electron chi connectivity index (χ2n) is 6.00. The molecule has 24 heavy (non-hydrogen) atoms. The molecule has 0 N–H and O–H groups in total. The molecule has 0 radical (unpaired) electrons. The number of hydrogen-bond donors (Lipinski definition) is 0. The summed E-state index contributed by atoms with van der Waals surface area (Å²) in [5.74, 6) is -0.347. The average molecular weight is 318 g/mol. The monoisotopic (exact) mass is 318 g/mol. The Morgan fingerprint density at radius 2 is 1.92 bits per heavy atom. The Kier molecular flexibility index (Phi) is 5.27. The van der Waals surface area contributed by atoms with E-state index in [-0.39, 0.29) is 5.97 Å². The van der Waals surface area contributed by atoms with Crippen molar-refractivity contribution >= 4 is 17.6 Å². The lowest BCUT2D eigenvalue weighted by atomic mass is 9.85. The van der Waals surface area contributed by atoms with Crippen molar-refractivity contribution in [2.75, 3.05) is 6.61 Å². The van der Waals surface area contributed by atoms with E-state index in [0.29, 0.717) is 6.61 Å². The van der Waals surface area contributed by atoms with Gasteiger partial charge in [-0.15, -0.1) is 0 Å². The summed E-state index contributed by atoms with van der Waals surface area (Å²) in [6.45, 7) is 3.85. The molecule has 2 nitrogen and oxygen atoms in total. The summed E-state index contributed by atoms with van der Waals surface area (Å²) in [6, 6.07) is 17.1. The van der Waals surface area contributed by atoms with Crippen LogP contribution in [0.5, 0.6) is 0 Å². The van der Waals surface area contributed by atoms with Crippen LogP contribution in [-0.2, 0) is 22.4 Å². The second kappa shape index (κ2) is 7.78. The molecule has 122 valence electrons. The van der Waals surface area contributed by atoms with Crippen LogP contribution in [0, 0.1) is 0 Å². The van der Waals surface area contributed by atoms with Crippen LogP contribution in [-0.4, -0.2) is 12.6 Å². The predicted molar refractivity (Wildman–Crippen MR) is 98.6 cm³/mol. The first-order valence-electron chi connectivity index (χ1n) is 8.44. The van der Waals surface area contributed by atoms with Crippen LogP contribution in [0.3, 0.4) is 0 Å². The van der Waals surface area contributed by atoms with Crippen molar-refractivity contribution in [2.24, 2.45) is 0 Å². The van der Waals surface area contributed by atoms with Crippen molar-refractivity contribution in [3.63, 3.8) is 0 Å². The number of carbonyl (C=O) groups excluding carboxylic acids is 1. The van der Waals surface area contributed by atoms with Gasteiger partial charge in [-0.3, -0.25) is 0 Å². The molecule has 0 atom stereocenters. The maximum Gasteiger partial charge on any atom is 0.330 e. The van der Waals surface area contributed by atoms with Gasteiger partial charge in [0, 0.05) is 6.08 Å². The highest BCUT2D eigenvalue weighted by atomic mass is 16.5. The standard InChI is InChI=1S/C22H22O2/c1-2-22(23)24-15-7-12-18-10-6-11-20-16-19(13-14-21(18)20)17-8-4-3-5-9-17/h2-6,8-11,16H,1,7,12-15H2. The highest BCUT2D eigenvalue weighted by Crippen LogP contribution is 2.32. The van der Waals surface area contributed by atoms with Gasteiger partial charge in [-0.1, -0.05) is 61.2 Å². The molecule has 0 amide bonds. The minimum absolute atomic E-state index is 0.347. The Morgan fingerprint density at radius 3 is 2.71 bits per heavy atom. The van der Waals surface area contributed by atoms with Gasteiger partial charge < -0.3 is 4.74 Å². The second-order valence-corrected chi connectivity index (χ2v) is 6.00. The van der Waals surface area contributed by atoms with Gasteiger partial charge in [0.2, 0.25) is 0 Å². The van der Waals surface area contributed by atoms with Crippen molar-refractivity contribution in [3.05, 3.63) is 83.4 Å². The van der Waals surface area contributed by atoms with E-state index in [1.165, 1.54) is 33.9 Å². The number of fused-ring (bicyclic) bond motifs is 1. The van der Waals surface area contributed by atoms with E-state index < -0.39 is 0 Å². The first-order valence-corrected chi connectivity index (χ1v) is 8.44. The van der Waals surface area contributed by atoms with Gasteiger partial charge in [-0.2, -0.15) is 0 Å². The van der Waals surface area contributed by atoms with Crippen molar-refractivity contribution in [2.45, 2.75) is 25.7 Å². The lowest BCUT2D eigenvalue weighted by molar-refractivity contribution is -0.137. The first-order chi connectivity index (χ1) is 11.8. The Morgan fingerprint density at radius 1 is 1.08 bits per heavy atom. The molecular weight excluding hydrogens is 296 g/mol. The number of carbonyl (C=O) groups is 1. The lowest BCUT2D eigenvalue weighted by Crippen LogP contribution is -2.06. The van der Waals surface area contributed by atoms with E-state index in [2.05, 4.69) is 61.2 Å². The Bertz CT molecular complexity index is 757. The predicted octanol–water partition coefficient (Wildman–Crippen LogP) is 4.84. The van der Waals surface area contributed by atoms with Crippen LogP contribution in [0.4, 0.5) is 0 Å². The molecule has 2 aromatic carbocycles. The van der Waals surface area contributed by atoms with Gasteiger partial charge in [0.15, 0.2) is 0 Å². The molecule has 0 spiro atoms. The quantitative estimate of drug-likeness (QED) is 0.433. The van der Waals surface area contributed by atoms with Gasteiger partial charge in [-0.05, 0) is 53.5 Å². The third kappa shape index (κ3) is 3.83. The number of ether oxygens (including phenoxy) is 1. The first kappa shape index (κ1) is 16.3. The van der Waals surface area contributed by atoms with E-state index in [0.717, 1.165) is 25.7 Å². The number of benzene rings is 2. The molecule has 3 rings (SSSR count). The minimum Gasteiger partial charge on any atom is -0.463 e. The Labute approximate surface area is 143 Å². The fourth-order valence-electron chi connectivity index (χ4n) is 3.22.